The number of benzene rings is 1. The monoisotopic (exact) mass is 243 g/mol. The first-order chi connectivity index (χ1) is 8.72. The minimum atomic E-state index is -0.191. The van der Waals surface area contributed by atoms with Crippen LogP contribution in [0.15, 0.2) is 43.0 Å². The maximum Gasteiger partial charge on any atom is 0.261 e. The van der Waals surface area contributed by atoms with Gasteiger partial charge < -0.3 is 10.0 Å². The average Bonchev–Trinajstić information content (AvgIpc) is 2.40. The fourth-order valence-corrected chi connectivity index (χ4v) is 1.67. The van der Waals surface area contributed by atoms with Gasteiger partial charge >= 0.3 is 0 Å². The SMILES string of the molecule is CCN(C(=O)c1cncnc1)c1cccc(O)c1. The van der Waals surface area contributed by atoms with Crippen LogP contribution in [0.1, 0.15) is 17.3 Å². The molecule has 0 saturated heterocycles. The van der Waals surface area contributed by atoms with E-state index in [9.17, 15) is 9.90 Å². The Morgan fingerprint density at radius 1 is 1.33 bits per heavy atom. The summed E-state index contributed by atoms with van der Waals surface area (Å²) in [6.07, 6.45) is 4.32. The lowest BCUT2D eigenvalue weighted by Crippen LogP contribution is -2.30. The molecule has 5 nitrogen and oxygen atoms in total. The molecule has 0 atom stereocenters. The van der Waals surface area contributed by atoms with E-state index in [1.54, 1.807) is 29.2 Å². The molecule has 2 rings (SSSR count). The summed E-state index contributed by atoms with van der Waals surface area (Å²) >= 11 is 0. The Kier molecular flexibility index (Phi) is 3.52. The molecular weight excluding hydrogens is 230 g/mol. The molecule has 1 heterocycles. The van der Waals surface area contributed by atoms with E-state index in [0.29, 0.717) is 17.8 Å². The van der Waals surface area contributed by atoms with Crippen molar-refractivity contribution < 1.29 is 9.90 Å². The summed E-state index contributed by atoms with van der Waals surface area (Å²) in [6, 6.07) is 6.58. The lowest BCUT2D eigenvalue weighted by molar-refractivity contribution is 0.0987. The molecule has 18 heavy (non-hydrogen) atoms. The van der Waals surface area contributed by atoms with E-state index in [4.69, 9.17) is 0 Å². The second-order valence-corrected chi connectivity index (χ2v) is 3.70. The first-order valence-electron chi connectivity index (χ1n) is 5.58. The van der Waals surface area contributed by atoms with Gasteiger partial charge in [-0.3, -0.25) is 4.79 Å². The van der Waals surface area contributed by atoms with Crippen molar-refractivity contribution in [3.8, 4) is 5.75 Å². The standard InChI is InChI=1S/C13H13N3O2/c1-2-16(11-4-3-5-12(17)6-11)13(18)10-7-14-9-15-8-10/h3-9,17H,2H2,1H3. The Balaban J connectivity index is 2.32. The fraction of sp³-hybridized carbons (Fsp3) is 0.154. The van der Waals surface area contributed by atoms with Gasteiger partial charge in [-0.25, -0.2) is 9.97 Å². The smallest absolute Gasteiger partial charge is 0.261 e. The zero-order valence-electron chi connectivity index (χ0n) is 9.95. The topological polar surface area (TPSA) is 66.3 Å². The number of anilines is 1. The summed E-state index contributed by atoms with van der Waals surface area (Å²) in [7, 11) is 0. The number of hydrogen-bond acceptors (Lipinski definition) is 4. The van der Waals surface area contributed by atoms with Crippen molar-refractivity contribution in [3.63, 3.8) is 0 Å². The third kappa shape index (κ3) is 2.45. The first kappa shape index (κ1) is 12.0. The third-order valence-electron chi connectivity index (χ3n) is 2.51. The summed E-state index contributed by atoms with van der Waals surface area (Å²) in [4.78, 5) is 21.5. The van der Waals surface area contributed by atoms with Crippen LogP contribution < -0.4 is 4.90 Å². The molecule has 0 aliphatic carbocycles. The molecule has 1 amide bonds. The normalized spacial score (nSPS) is 10.1. The lowest BCUT2D eigenvalue weighted by Gasteiger charge is -2.20. The molecule has 0 spiro atoms. The van der Waals surface area contributed by atoms with Crippen molar-refractivity contribution in [2.75, 3.05) is 11.4 Å². The zero-order chi connectivity index (χ0) is 13.0. The number of amides is 1. The number of phenols is 1. The predicted molar refractivity (Wildman–Crippen MR) is 67.5 cm³/mol. The first-order valence-corrected chi connectivity index (χ1v) is 5.58. The number of rotatable bonds is 3. The van der Waals surface area contributed by atoms with E-state index in [0.717, 1.165) is 0 Å². The van der Waals surface area contributed by atoms with Crippen LogP contribution in [-0.2, 0) is 0 Å². The van der Waals surface area contributed by atoms with Gasteiger partial charge in [-0.2, -0.15) is 0 Å². The molecule has 0 radical (unpaired) electrons. The summed E-state index contributed by atoms with van der Waals surface area (Å²) in [5.74, 6) is -0.0632. The van der Waals surface area contributed by atoms with Gasteiger partial charge in [-0.15, -0.1) is 0 Å². The molecular formula is C13H13N3O2. The van der Waals surface area contributed by atoms with E-state index in [1.807, 2.05) is 6.92 Å². The number of aromatic nitrogens is 2. The van der Waals surface area contributed by atoms with E-state index in [-0.39, 0.29) is 11.7 Å². The molecule has 0 bridgehead atoms. The second kappa shape index (κ2) is 5.27. The quantitative estimate of drug-likeness (QED) is 0.893. The van der Waals surface area contributed by atoms with Crippen LogP contribution in [-0.4, -0.2) is 27.5 Å². The van der Waals surface area contributed by atoms with Crippen LogP contribution in [0.25, 0.3) is 0 Å². The van der Waals surface area contributed by atoms with Crippen molar-refractivity contribution in [3.05, 3.63) is 48.5 Å². The molecule has 1 N–H and O–H groups in total. The minimum absolute atomic E-state index is 0.128. The van der Waals surface area contributed by atoms with E-state index in [2.05, 4.69) is 9.97 Å². The third-order valence-corrected chi connectivity index (χ3v) is 2.51. The molecule has 0 unspecified atom stereocenters. The van der Waals surface area contributed by atoms with E-state index < -0.39 is 0 Å². The van der Waals surface area contributed by atoms with Crippen molar-refractivity contribution >= 4 is 11.6 Å². The molecule has 2 aromatic rings. The van der Waals surface area contributed by atoms with Gasteiger partial charge in [0.2, 0.25) is 0 Å². The summed E-state index contributed by atoms with van der Waals surface area (Å²) in [6.45, 7) is 2.36. The maximum atomic E-state index is 12.3. The Morgan fingerprint density at radius 3 is 2.67 bits per heavy atom. The summed E-state index contributed by atoms with van der Waals surface area (Å²) in [5, 5.41) is 9.45. The average molecular weight is 243 g/mol. The Morgan fingerprint density at radius 2 is 2.06 bits per heavy atom. The van der Waals surface area contributed by atoms with Crippen molar-refractivity contribution in [2.24, 2.45) is 0 Å². The summed E-state index contributed by atoms with van der Waals surface area (Å²) < 4.78 is 0. The molecule has 0 aliphatic heterocycles. The maximum absolute atomic E-state index is 12.3. The Bertz CT molecular complexity index is 543. The highest BCUT2D eigenvalue weighted by Crippen LogP contribution is 2.21. The minimum Gasteiger partial charge on any atom is -0.508 e. The van der Waals surface area contributed by atoms with E-state index in [1.165, 1.54) is 18.7 Å². The molecule has 5 heteroatoms. The Labute approximate surface area is 105 Å². The molecule has 1 aromatic carbocycles. The van der Waals surface area contributed by atoms with Crippen LogP contribution in [0.2, 0.25) is 0 Å². The summed E-state index contributed by atoms with van der Waals surface area (Å²) in [5.41, 5.74) is 1.06. The van der Waals surface area contributed by atoms with Gasteiger partial charge in [0.15, 0.2) is 0 Å². The van der Waals surface area contributed by atoms with Gasteiger partial charge in [0.25, 0.3) is 5.91 Å². The zero-order valence-corrected chi connectivity index (χ0v) is 9.95. The highest BCUT2D eigenvalue weighted by atomic mass is 16.3. The molecule has 0 fully saturated rings. The number of carbonyl (C=O) groups excluding carboxylic acids is 1. The second-order valence-electron chi connectivity index (χ2n) is 3.70. The van der Waals surface area contributed by atoms with Gasteiger partial charge in [0.1, 0.15) is 12.1 Å². The van der Waals surface area contributed by atoms with Crippen LogP contribution in [0, 0.1) is 0 Å². The molecule has 0 aliphatic rings. The predicted octanol–water partition coefficient (Wildman–Crippen LogP) is 1.85. The fourth-order valence-electron chi connectivity index (χ4n) is 1.67. The van der Waals surface area contributed by atoms with E-state index >= 15 is 0 Å². The highest BCUT2D eigenvalue weighted by molar-refractivity contribution is 6.05. The number of phenolic OH excluding ortho intramolecular Hbond substituents is 1. The van der Waals surface area contributed by atoms with Crippen LogP contribution >= 0.6 is 0 Å². The van der Waals surface area contributed by atoms with Gasteiger partial charge in [-0.1, -0.05) is 6.07 Å². The highest BCUT2D eigenvalue weighted by Gasteiger charge is 2.16. The number of carbonyl (C=O) groups is 1. The van der Waals surface area contributed by atoms with Crippen LogP contribution in [0.5, 0.6) is 5.75 Å². The number of aromatic hydroxyl groups is 1. The van der Waals surface area contributed by atoms with Gasteiger partial charge in [0.05, 0.1) is 5.56 Å². The lowest BCUT2D eigenvalue weighted by atomic mass is 10.2. The molecule has 1 aromatic heterocycles. The van der Waals surface area contributed by atoms with Crippen LogP contribution in [0.4, 0.5) is 5.69 Å². The van der Waals surface area contributed by atoms with Gasteiger partial charge in [0, 0.05) is 30.7 Å². The number of hydrogen-bond donors (Lipinski definition) is 1. The number of nitrogens with zero attached hydrogens (tertiary/aromatic N) is 3. The van der Waals surface area contributed by atoms with Crippen molar-refractivity contribution in [2.45, 2.75) is 6.92 Å². The van der Waals surface area contributed by atoms with Crippen LogP contribution in [0.3, 0.4) is 0 Å². The molecule has 92 valence electrons. The largest absolute Gasteiger partial charge is 0.508 e. The van der Waals surface area contributed by atoms with Gasteiger partial charge in [-0.05, 0) is 19.1 Å². The van der Waals surface area contributed by atoms with Crippen molar-refractivity contribution in [1.29, 1.82) is 0 Å². The molecule has 0 saturated carbocycles. The Hall–Kier alpha value is -2.43. The van der Waals surface area contributed by atoms with Crippen molar-refractivity contribution in [1.82, 2.24) is 9.97 Å².